The minimum atomic E-state index is -1.20. The van der Waals surface area contributed by atoms with Crippen LogP contribution in [0.1, 0.15) is 32.1 Å². The van der Waals surface area contributed by atoms with Gasteiger partial charge in [-0.2, -0.15) is 5.10 Å². The lowest BCUT2D eigenvalue weighted by atomic mass is 10.2. The molecule has 0 fully saturated rings. The highest BCUT2D eigenvalue weighted by Gasteiger charge is 2.19. The van der Waals surface area contributed by atoms with Crippen molar-refractivity contribution in [2.75, 3.05) is 5.32 Å². The quantitative estimate of drug-likeness (QED) is 0.772. The first-order chi connectivity index (χ1) is 9.00. The number of hydrogen-bond donors (Lipinski definition) is 3. The van der Waals surface area contributed by atoms with E-state index in [-0.39, 0.29) is 11.3 Å². The van der Waals surface area contributed by atoms with Crippen LogP contribution in [0.3, 0.4) is 0 Å². The van der Waals surface area contributed by atoms with Crippen LogP contribution in [0.25, 0.3) is 0 Å². The van der Waals surface area contributed by atoms with E-state index in [9.17, 15) is 9.59 Å². The molecule has 2 rings (SSSR count). The lowest BCUT2D eigenvalue weighted by Crippen LogP contribution is -2.18. The summed E-state index contributed by atoms with van der Waals surface area (Å²) in [6.07, 6.45) is 1.37. The topological polar surface area (TPSA) is 108 Å². The minimum Gasteiger partial charge on any atom is -0.478 e. The summed E-state index contributed by atoms with van der Waals surface area (Å²) in [7, 11) is 0. The molecule has 0 aliphatic rings. The first-order valence-corrected chi connectivity index (χ1v) is 5.52. The average Bonchev–Trinajstić information content (AvgIpc) is 2.70. The Morgan fingerprint density at radius 3 is 2.68 bits per heavy atom. The lowest BCUT2D eigenvalue weighted by Gasteiger charge is -2.05. The molecule has 0 bridgehead atoms. The molecule has 0 saturated carbocycles. The van der Waals surface area contributed by atoms with Crippen molar-refractivity contribution < 1.29 is 14.7 Å². The van der Waals surface area contributed by atoms with Gasteiger partial charge in [0.15, 0.2) is 5.82 Å². The van der Waals surface area contributed by atoms with Crippen molar-refractivity contribution in [3.63, 3.8) is 0 Å². The number of carboxylic acids is 1. The van der Waals surface area contributed by atoms with Crippen LogP contribution in [0.2, 0.25) is 0 Å². The summed E-state index contributed by atoms with van der Waals surface area (Å²) in [6, 6.07) is 2.79. The second-order valence-electron chi connectivity index (χ2n) is 3.98. The molecule has 7 nitrogen and oxygen atoms in total. The fourth-order valence-corrected chi connectivity index (χ4v) is 1.53. The third-order valence-corrected chi connectivity index (χ3v) is 2.74. The van der Waals surface area contributed by atoms with Gasteiger partial charge in [-0.1, -0.05) is 0 Å². The number of carboxylic acid groups (broad SMARTS) is 1. The number of anilines is 1. The van der Waals surface area contributed by atoms with Crippen molar-refractivity contribution in [2.24, 2.45) is 0 Å². The Kier molecular flexibility index (Phi) is 3.28. The maximum Gasteiger partial charge on any atom is 0.338 e. The van der Waals surface area contributed by atoms with E-state index in [4.69, 9.17) is 5.11 Å². The molecule has 98 valence electrons. The molecule has 7 heteroatoms. The maximum absolute atomic E-state index is 12.0. The second kappa shape index (κ2) is 4.89. The number of aryl methyl sites for hydroxylation is 1. The van der Waals surface area contributed by atoms with Crippen molar-refractivity contribution in [1.29, 1.82) is 0 Å². The number of aromatic carboxylic acids is 1. The van der Waals surface area contributed by atoms with E-state index in [1.807, 2.05) is 6.92 Å². The van der Waals surface area contributed by atoms with Gasteiger partial charge in [-0.05, 0) is 26.0 Å². The second-order valence-corrected chi connectivity index (χ2v) is 3.98. The normalized spacial score (nSPS) is 10.2. The number of nitrogens with zero attached hydrogens (tertiary/aromatic N) is 2. The van der Waals surface area contributed by atoms with Crippen molar-refractivity contribution in [3.8, 4) is 0 Å². The number of rotatable bonds is 3. The molecule has 0 aliphatic heterocycles. The zero-order valence-electron chi connectivity index (χ0n) is 10.4. The van der Waals surface area contributed by atoms with Crippen LogP contribution >= 0.6 is 0 Å². The molecule has 2 heterocycles. The average molecular weight is 260 g/mol. The molecule has 1 amide bonds. The molecular formula is C12H12N4O3. The predicted octanol–water partition coefficient (Wildman–Crippen LogP) is 1.37. The maximum atomic E-state index is 12.0. The van der Waals surface area contributed by atoms with E-state index in [1.165, 1.54) is 18.3 Å². The predicted molar refractivity (Wildman–Crippen MR) is 67.2 cm³/mol. The van der Waals surface area contributed by atoms with Crippen molar-refractivity contribution >= 4 is 17.7 Å². The number of aromatic amines is 1. The zero-order valence-corrected chi connectivity index (χ0v) is 10.4. The van der Waals surface area contributed by atoms with Crippen LogP contribution in [0, 0.1) is 13.8 Å². The van der Waals surface area contributed by atoms with Gasteiger partial charge in [0.25, 0.3) is 5.91 Å². The van der Waals surface area contributed by atoms with E-state index in [0.29, 0.717) is 5.82 Å². The molecule has 0 unspecified atom stereocenters. The van der Waals surface area contributed by atoms with Gasteiger partial charge in [0.2, 0.25) is 0 Å². The first-order valence-electron chi connectivity index (χ1n) is 5.52. The minimum absolute atomic E-state index is 0.143. The van der Waals surface area contributed by atoms with Gasteiger partial charge in [-0.25, -0.2) is 4.79 Å². The van der Waals surface area contributed by atoms with Crippen LogP contribution < -0.4 is 5.32 Å². The van der Waals surface area contributed by atoms with Crippen molar-refractivity contribution in [3.05, 3.63) is 40.8 Å². The summed E-state index contributed by atoms with van der Waals surface area (Å²) in [5.41, 5.74) is 1.33. The number of H-pyrrole nitrogens is 1. The SMILES string of the molecule is Cc1[nH]nc(NC(=O)c2ncccc2C(=O)O)c1C. The highest BCUT2D eigenvalue weighted by atomic mass is 16.4. The smallest absolute Gasteiger partial charge is 0.338 e. The largest absolute Gasteiger partial charge is 0.478 e. The Morgan fingerprint density at radius 1 is 1.37 bits per heavy atom. The Labute approximate surface area is 108 Å². The summed E-state index contributed by atoms with van der Waals surface area (Å²) in [5.74, 6) is -1.44. The summed E-state index contributed by atoms with van der Waals surface area (Å²) in [5, 5.41) is 18.2. The molecule has 0 spiro atoms. The third kappa shape index (κ3) is 2.44. The summed E-state index contributed by atoms with van der Waals surface area (Å²) < 4.78 is 0. The fourth-order valence-electron chi connectivity index (χ4n) is 1.53. The Morgan fingerprint density at radius 2 is 2.11 bits per heavy atom. The van der Waals surface area contributed by atoms with E-state index in [0.717, 1.165) is 11.3 Å². The van der Waals surface area contributed by atoms with Gasteiger partial charge in [0, 0.05) is 17.5 Å². The van der Waals surface area contributed by atoms with E-state index in [2.05, 4.69) is 20.5 Å². The molecule has 3 N–H and O–H groups in total. The number of carbonyl (C=O) groups excluding carboxylic acids is 1. The number of nitrogens with one attached hydrogen (secondary N) is 2. The van der Waals surface area contributed by atoms with Crippen LogP contribution in [0.5, 0.6) is 0 Å². The van der Waals surface area contributed by atoms with Crippen molar-refractivity contribution in [1.82, 2.24) is 15.2 Å². The van der Waals surface area contributed by atoms with Crippen LogP contribution in [0.15, 0.2) is 18.3 Å². The number of amides is 1. The van der Waals surface area contributed by atoms with Gasteiger partial charge in [-0.3, -0.25) is 14.9 Å². The number of carbonyl (C=O) groups is 2. The van der Waals surface area contributed by atoms with E-state index < -0.39 is 11.9 Å². The third-order valence-electron chi connectivity index (χ3n) is 2.74. The van der Waals surface area contributed by atoms with E-state index >= 15 is 0 Å². The number of pyridine rings is 1. The van der Waals surface area contributed by atoms with Crippen LogP contribution in [0.4, 0.5) is 5.82 Å². The molecule has 2 aromatic heterocycles. The summed E-state index contributed by atoms with van der Waals surface area (Å²) in [4.78, 5) is 26.8. The van der Waals surface area contributed by atoms with Gasteiger partial charge in [0.05, 0.1) is 5.56 Å². The van der Waals surface area contributed by atoms with Crippen LogP contribution in [-0.4, -0.2) is 32.2 Å². The Bertz CT molecular complexity index is 648. The Balaban J connectivity index is 2.31. The summed E-state index contributed by atoms with van der Waals surface area (Å²) in [6.45, 7) is 3.62. The number of hydrogen-bond acceptors (Lipinski definition) is 4. The van der Waals surface area contributed by atoms with Gasteiger partial charge < -0.3 is 10.4 Å². The Hall–Kier alpha value is -2.70. The lowest BCUT2D eigenvalue weighted by molar-refractivity contribution is 0.0691. The fraction of sp³-hybridized carbons (Fsp3) is 0.167. The first kappa shape index (κ1) is 12.7. The van der Waals surface area contributed by atoms with E-state index in [1.54, 1.807) is 6.92 Å². The van der Waals surface area contributed by atoms with Crippen molar-refractivity contribution in [2.45, 2.75) is 13.8 Å². The zero-order chi connectivity index (χ0) is 14.0. The molecule has 19 heavy (non-hydrogen) atoms. The molecule has 0 aromatic carbocycles. The number of aromatic nitrogens is 3. The van der Waals surface area contributed by atoms with Gasteiger partial charge in [0.1, 0.15) is 5.69 Å². The summed E-state index contributed by atoms with van der Waals surface area (Å²) >= 11 is 0. The molecule has 2 aromatic rings. The molecule has 0 aliphatic carbocycles. The molecule has 0 saturated heterocycles. The molecule has 0 atom stereocenters. The highest BCUT2D eigenvalue weighted by Crippen LogP contribution is 2.15. The van der Waals surface area contributed by atoms with Gasteiger partial charge in [-0.15, -0.1) is 0 Å². The van der Waals surface area contributed by atoms with Crippen LogP contribution in [-0.2, 0) is 0 Å². The monoisotopic (exact) mass is 260 g/mol. The standard InChI is InChI=1S/C12H12N4O3/c1-6-7(2)15-16-10(6)14-11(17)9-8(12(18)19)4-3-5-13-9/h3-5H,1-2H3,(H,18,19)(H2,14,15,16,17). The highest BCUT2D eigenvalue weighted by molar-refractivity contribution is 6.09. The van der Waals surface area contributed by atoms with Gasteiger partial charge >= 0.3 is 5.97 Å². The molecular weight excluding hydrogens is 248 g/mol. The molecule has 0 radical (unpaired) electrons.